The summed E-state index contributed by atoms with van der Waals surface area (Å²) in [6, 6.07) is 10.2. The van der Waals surface area contributed by atoms with Crippen molar-refractivity contribution < 1.29 is 4.74 Å². The Kier molecular flexibility index (Phi) is 3.35. The number of nitrogens with zero attached hydrogens (tertiary/aromatic N) is 1. The van der Waals surface area contributed by atoms with E-state index in [9.17, 15) is 0 Å². The van der Waals surface area contributed by atoms with E-state index < -0.39 is 0 Å². The van der Waals surface area contributed by atoms with Gasteiger partial charge in [-0.1, -0.05) is 30.3 Å². The summed E-state index contributed by atoms with van der Waals surface area (Å²) in [6.45, 7) is 4.48. The molecule has 80 valence electrons. The van der Waals surface area contributed by atoms with Crippen molar-refractivity contribution in [2.45, 2.75) is 19.6 Å². The second-order valence-corrected chi connectivity index (χ2v) is 3.63. The Balaban J connectivity index is 1.83. The topological polar surface area (TPSA) is 33.6 Å². The molecule has 3 heteroatoms. The van der Waals surface area contributed by atoms with Gasteiger partial charge in [0.1, 0.15) is 11.9 Å². The molecule has 0 bridgehead atoms. The zero-order valence-electron chi connectivity index (χ0n) is 8.94. The first kappa shape index (κ1) is 10.2. The van der Waals surface area contributed by atoms with Gasteiger partial charge in [0.2, 0.25) is 0 Å². The highest BCUT2D eigenvalue weighted by Crippen LogP contribution is 2.04. The Bertz CT molecular complexity index is 335. The summed E-state index contributed by atoms with van der Waals surface area (Å²) in [4.78, 5) is 4.33. The first-order chi connectivity index (χ1) is 7.36. The van der Waals surface area contributed by atoms with Crippen LogP contribution in [-0.2, 0) is 11.3 Å². The maximum Gasteiger partial charge on any atom is 0.126 e. The first-order valence-corrected chi connectivity index (χ1v) is 5.30. The van der Waals surface area contributed by atoms with Crippen LogP contribution in [0.1, 0.15) is 12.5 Å². The van der Waals surface area contributed by atoms with Crippen LogP contribution in [0.5, 0.6) is 0 Å². The van der Waals surface area contributed by atoms with Crippen LogP contribution >= 0.6 is 0 Å². The summed E-state index contributed by atoms with van der Waals surface area (Å²) in [7, 11) is 0. The van der Waals surface area contributed by atoms with Crippen molar-refractivity contribution in [1.29, 1.82) is 0 Å². The summed E-state index contributed by atoms with van der Waals surface area (Å²) in [5.41, 5.74) is 1.20. The third-order valence-electron chi connectivity index (χ3n) is 2.43. The molecule has 0 aliphatic carbocycles. The lowest BCUT2D eigenvalue weighted by atomic mass is 10.2. The molecule has 0 aromatic heterocycles. The molecule has 1 N–H and O–H groups in total. The van der Waals surface area contributed by atoms with Gasteiger partial charge in [0.05, 0.1) is 13.2 Å². The quantitative estimate of drug-likeness (QED) is 0.808. The average Bonchev–Trinajstić information content (AvgIpc) is 2.81. The lowest BCUT2D eigenvalue weighted by Gasteiger charge is -2.13. The highest BCUT2D eigenvalue weighted by molar-refractivity contribution is 5.87. The van der Waals surface area contributed by atoms with Crippen LogP contribution in [0.3, 0.4) is 0 Å². The smallest absolute Gasteiger partial charge is 0.126 e. The molecule has 1 aliphatic heterocycles. The molecule has 1 aromatic carbocycles. The fourth-order valence-corrected chi connectivity index (χ4v) is 1.56. The standard InChI is InChI=1S/C12H16N2O/c1-10(12-13-7-8-14-12)15-9-11-5-3-2-4-6-11/h2-6,10H,7-9H2,1H3,(H,13,14). The van der Waals surface area contributed by atoms with Crippen LogP contribution in [0.2, 0.25) is 0 Å². The van der Waals surface area contributed by atoms with E-state index in [-0.39, 0.29) is 6.10 Å². The molecule has 0 radical (unpaired) electrons. The number of hydrogen-bond donors (Lipinski definition) is 1. The second kappa shape index (κ2) is 4.94. The fraction of sp³-hybridized carbons (Fsp3) is 0.417. The van der Waals surface area contributed by atoms with E-state index in [2.05, 4.69) is 22.4 Å². The van der Waals surface area contributed by atoms with Crippen LogP contribution in [0.4, 0.5) is 0 Å². The van der Waals surface area contributed by atoms with Gasteiger partial charge in [-0.05, 0) is 12.5 Å². The summed E-state index contributed by atoms with van der Waals surface area (Å²) >= 11 is 0. The van der Waals surface area contributed by atoms with Crippen molar-refractivity contribution >= 4 is 5.84 Å². The molecular formula is C12H16N2O. The number of ether oxygens (including phenoxy) is 1. The van der Waals surface area contributed by atoms with Crippen molar-refractivity contribution in [1.82, 2.24) is 5.32 Å². The summed E-state index contributed by atoms with van der Waals surface area (Å²) < 4.78 is 5.72. The number of aliphatic imine (C=N–C) groups is 1. The molecule has 1 unspecified atom stereocenters. The van der Waals surface area contributed by atoms with Gasteiger partial charge in [-0.25, -0.2) is 0 Å². The number of hydrogen-bond acceptors (Lipinski definition) is 3. The Morgan fingerprint density at radius 3 is 2.87 bits per heavy atom. The predicted molar refractivity (Wildman–Crippen MR) is 61.0 cm³/mol. The molecule has 3 nitrogen and oxygen atoms in total. The van der Waals surface area contributed by atoms with Gasteiger partial charge >= 0.3 is 0 Å². The molecule has 1 heterocycles. The first-order valence-electron chi connectivity index (χ1n) is 5.30. The van der Waals surface area contributed by atoms with Gasteiger partial charge < -0.3 is 10.1 Å². The highest BCUT2D eigenvalue weighted by atomic mass is 16.5. The lowest BCUT2D eigenvalue weighted by molar-refractivity contribution is 0.0944. The second-order valence-electron chi connectivity index (χ2n) is 3.63. The predicted octanol–water partition coefficient (Wildman–Crippen LogP) is 1.59. The van der Waals surface area contributed by atoms with Crippen LogP contribution in [0.25, 0.3) is 0 Å². The SMILES string of the molecule is CC(OCc1ccccc1)C1=NCCN1. The van der Waals surface area contributed by atoms with Gasteiger partial charge in [-0.3, -0.25) is 4.99 Å². The van der Waals surface area contributed by atoms with Crippen LogP contribution in [0.15, 0.2) is 35.3 Å². The third-order valence-corrected chi connectivity index (χ3v) is 2.43. The molecule has 2 rings (SSSR count). The van der Waals surface area contributed by atoms with Crippen molar-refractivity contribution in [3.63, 3.8) is 0 Å². The summed E-state index contributed by atoms with van der Waals surface area (Å²) in [5, 5.41) is 3.22. The molecule has 15 heavy (non-hydrogen) atoms. The van der Waals surface area contributed by atoms with Crippen molar-refractivity contribution in [2.24, 2.45) is 4.99 Å². The summed E-state index contributed by atoms with van der Waals surface area (Å²) in [6.07, 6.45) is 0.0627. The summed E-state index contributed by atoms with van der Waals surface area (Å²) in [5.74, 6) is 0.978. The number of benzene rings is 1. The minimum atomic E-state index is 0.0627. The molecule has 0 fully saturated rings. The third kappa shape index (κ3) is 2.80. The minimum Gasteiger partial charge on any atom is -0.370 e. The molecule has 0 saturated heterocycles. The molecule has 0 spiro atoms. The zero-order chi connectivity index (χ0) is 10.5. The largest absolute Gasteiger partial charge is 0.370 e. The highest BCUT2D eigenvalue weighted by Gasteiger charge is 2.13. The maximum atomic E-state index is 5.72. The van der Waals surface area contributed by atoms with Gasteiger partial charge in [0, 0.05) is 6.54 Å². The fourth-order valence-electron chi connectivity index (χ4n) is 1.56. The Morgan fingerprint density at radius 1 is 1.40 bits per heavy atom. The van der Waals surface area contributed by atoms with Gasteiger partial charge in [0.15, 0.2) is 0 Å². The van der Waals surface area contributed by atoms with E-state index in [1.54, 1.807) is 0 Å². The van der Waals surface area contributed by atoms with E-state index in [0.29, 0.717) is 6.61 Å². The van der Waals surface area contributed by atoms with Crippen LogP contribution < -0.4 is 5.32 Å². The monoisotopic (exact) mass is 204 g/mol. The van der Waals surface area contributed by atoms with E-state index >= 15 is 0 Å². The zero-order valence-corrected chi connectivity index (χ0v) is 8.94. The Hall–Kier alpha value is -1.35. The molecule has 1 atom stereocenters. The van der Waals surface area contributed by atoms with E-state index in [1.165, 1.54) is 5.56 Å². The molecular weight excluding hydrogens is 188 g/mol. The Morgan fingerprint density at radius 2 is 2.20 bits per heavy atom. The van der Waals surface area contributed by atoms with E-state index in [1.807, 2.05) is 25.1 Å². The minimum absolute atomic E-state index is 0.0627. The average molecular weight is 204 g/mol. The number of amidine groups is 1. The molecule has 1 aromatic rings. The molecule has 0 saturated carbocycles. The van der Waals surface area contributed by atoms with Gasteiger partial charge in [-0.15, -0.1) is 0 Å². The number of rotatable bonds is 4. The van der Waals surface area contributed by atoms with Crippen molar-refractivity contribution in [2.75, 3.05) is 13.1 Å². The molecule has 1 aliphatic rings. The Labute approximate surface area is 90.2 Å². The van der Waals surface area contributed by atoms with Crippen LogP contribution in [0, 0.1) is 0 Å². The van der Waals surface area contributed by atoms with E-state index in [0.717, 1.165) is 18.9 Å². The van der Waals surface area contributed by atoms with Gasteiger partial charge in [-0.2, -0.15) is 0 Å². The van der Waals surface area contributed by atoms with Crippen molar-refractivity contribution in [3.05, 3.63) is 35.9 Å². The van der Waals surface area contributed by atoms with Crippen LogP contribution in [-0.4, -0.2) is 25.0 Å². The van der Waals surface area contributed by atoms with Crippen molar-refractivity contribution in [3.8, 4) is 0 Å². The normalized spacial score (nSPS) is 17.0. The van der Waals surface area contributed by atoms with E-state index in [4.69, 9.17) is 4.74 Å². The lowest BCUT2D eigenvalue weighted by Crippen LogP contribution is -2.31. The van der Waals surface area contributed by atoms with Gasteiger partial charge in [0.25, 0.3) is 0 Å². The maximum absolute atomic E-state index is 5.72. The molecule has 0 amide bonds. The number of nitrogens with one attached hydrogen (secondary N) is 1.